The zero-order valence-electron chi connectivity index (χ0n) is 8.12. The average Bonchev–Trinajstić information content (AvgIpc) is 2.08. The topological polar surface area (TPSA) is 68.9 Å². The van der Waals surface area contributed by atoms with Gasteiger partial charge >= 0.3 is 0 Å². The zero-order valence-corrected chi connectivity index (χ0v) is 8.88. The molecule has 1 aromatic rings. The molecular formula is C9H12ClN3O. The molecule has 0 saturated heterocycles. The molecule has 1 aromatic heterocycles. The molecule has 0 fully saturated rings. The van der Waals surface area contributed by atoms with Gasteiger partial charge in [0.25, 0.3) is 0 Å². The summed E-state index contributed by atoms with van der Waals surface area (Å²) in [7, 11) is 0. The molecule has 0 radical (unpaired) electrons. The first-order valence-electron chi connectivity index (χ1n) is 4.19. The fourth-order valence-corrected chi connectivity index (χ4v) is 1.15. The van der Waals surface area contributed by atoms with Crippen molar-refractivity contribution in [2.24, 2.45) is 11.1 Å². The summed E-state index contributed by atoms with van der Waals surface area (Å²) in [6.45, 7) is 3.50. The SMILES string of the molecule is CC(C)(Cc1nccnc1Cl)C(N)=O. The third-order valence-corrected chi connectivity index (χ3v) is 2.32. The van der Waals surface area contributed by atoms with E-state index in [-0.39, 0.29) is 5.91 Å². The van der Waals surface area contributed by atoms with Crippen LogP contribution < -0.4 is 5.73 Å². The monoisotopic (exact) mass is 213 g/mol. The Bertz CT molecular complexity index is 352. The van der Waals surface area contributed by atoms with Crippen molar-refractivity contribution < 1.29 is 4.79 Å². The number of primary amides is 1. The summed E-state index contributed by atoms with van der Waals surface area (Å²) < 4.78 is 0. The summed E-state index contributed by atoms with van der Waals surface area (Å²) >= 11 is 5.81. The van der Waals surface area contributed by atoms with E-state index in [9.17, 15) is 4.79 Å². The quantitative estimate of drug-likeness (QED) is 0.820. The maximum absolute atomic E-state index is 11.1. The van der Waals surface area contributed by atoms with Crippen LogP contribution >= 0.6 is 11.6 Å². The number of amides is 1. The van der Waals surface area contributed by atoms with Crippen molar-refractivity contribution in [3.63, 3.8) is 0 Å². The van der Waals surface area contributed by atoms with Crippen LogP contribution in [0.1, 0.15) is 19.5 Å². The number of carbonyl (C=O) groups excluding carboxylic acids is 1. The van der Waals surface area contributed by atoms with Gasteiger partial charge in [0.05, 0.1) is 5.69 Å². The molecule has 0 saturated carbocycles. The van der Waals surface area contributed by atoms with Crippen molar-refractivity contribution in [2.45, 2.75) is 20.3 Å². The highest BCUT2D eigenvalue weighted by Gasteiger charge is 2.27. The standard InChI is InChI=1S/C9H12ClN3O/c1-9(2,8(11)14)5-6-7(10)13-4-3-12-6/h3-4H,5H2,1-2H3,(H2,11,14). The Kier molecular flexibility index (Phi) is 3.06. The van der Waals surface area contributed by atoms with Gasteiger partial charge in [0.15, 0.2) is 5.15 Å². The van der Waals surface area contributed by atoms with E-state index < -0.39 is 5.41 Å². The third-order valence-electron chi connectivity index (χ3n) is 2.00. The number of aromatic nitrogens is 2. The van der Waals surface area contributed by atoms with Gasteiger partial charge in [-0.1, -0.05) is 25.4 Å². The fraction of sp³-hybridized carbons (Fsp3) is 0.444. The molecule has 0 atom stereocenters. The van der Waals surface area contributed by atoms with Gasteiger partial charge in [-0.15, -0.1) is 0 Å². The van der Waals surface area contributed by atoms with E-state index in [1.54, 1.807) is 13.8 Å². The lowest BCUT2D eigenvalue weighted by Crippen LogP contribution is -2.33. The van der Waals surface area contributed by atoms with Gasteiger partial charge in [-0.3, -0.25) is 9.78 Å². The van der Waals surface area contributed by atoms with Crippen molar-refractivity contribution >= 4 is 17.5 Å². The Labute approximate surface area is 87.5 Å². The largest absolute Gasteiger partial charge is 0.369 e. The van der Waals surface area contributed by atoms with Crippen LogP contribution in [-0.2, 0) is 11.2 Å². The van der Waals surface area contributed by atoms with Crippen molar-refractivity contribution in [2.75, 3.05) is 0 Å². The fourth-order valence-electron chi connectivity index (χ4n) is 0.974. The van der Waals surface area contributed by atoms with Crippen LogP contribution in [0, 0.1) is 5.41 Å². The number of hydrogen-bond acceptors (Lipinski definition) is 3. The molecule has 0 aromatic carbocycles. The molecule has 0 aliphatic heterocycles. The van der Waals surface area contributed by atoms with E-state index in [1.165, 1.54) is 12.4 Å². The van der Waals surface area contributed by atoms with Crippen LogP contribution in [0.4, 0.5) is 0 Å². The Hall–Kier alpha value is -1.16. The number of nitrogens with two attached hydrogens (primary N) is 1. The van der Waals surface area contributed by atoms with Gasteiger partial charge in [-0.25, -0.2) is 4.98 Å². The Morgan fingerprint density at radius 2 is 2.07 bits per heavy atom. The van der Waals surface area contributed by atoms with Crippen LogP contribution in [0.25, 0.3) is 0 Å². The number of carbonyl (C=O) groups is 1. The van der Waals surface area contributed by atoms with Gasteiger partial charge in [0.1, 0.15) is 0 Å². The zero-order chi connectivity index (χ0) is 10.8. The minimum absolute atomic E-state index is 0.321. The van der Waals surface area contributed by atoms with Gasteiger partial charge in [0.2, 0.25) is 5.91 Å². The lowest BCUT2D eigenvalue weighted by atomic mass is 9.87. The lowest BCUT2D eigenvalue weighted by molar-refractivity contribution is -0.125. The Morgan fingerprint density at radius 1 is 1.50 bits per heavy atom. The summed E-state index contributed by atoms with van der Waals surface area (Å²) in [6.07, 6.45) is 3.44. The minimum atomic E-state index is -0.653. The predicted molar refractivity (Wildman–Crippen MR) is 53.7 cm³/mol. The van der Waals surface area contributed by atoms with Crippen LogP contribution in [0.5, 0.6) is 0 Å². The van der Waals surface area contributed by atoms with E-state index >= 15 is 0 Å². The second kappa shape index (κ2) is 3.92. The molecule has 0 aliphatic rings. The summed E-state index contributed by atoms with van der Waals surface area (Å²) in [5.41, 5.74) is 5.18. The molecule has 1 heterocycles. The highest BCUT2D eigenvalue weighted by molar-refractivity contribution is 6.30. The number of nitrogens with zero attached hydrogens (tertiary/aromatic N) is 2. The van der Waals surface area contributed by atoms with Gasteiger partial charge in [0, 0.05) is 24.2 Å². The average molecular weight is 214 g/mol. The van der Waals surface area contributed by atoms with Crippen LogP contribution in [0.2, 0.25) is 5.15 Å². The van der Waals surface area contributed by atoms with E-state index in [2.05, 4.69) is 9.97 Å². The van der Waals surface area contributed by atoms with E-state index in [0.717, 1.165) is 0 Å². The second-order valence-electron chi connectivity index (χ2n) is 3.72. The maximum atomic E-state index is 11.1. The molecule has 5 heteroatoms. The predicted octanol–water partition coefficient (Wildman–Crippen LogP) is 1.18. The molecule has 14 heavy (non-hydrogen) atoms. The summed E-state index contributed by atoms with van der Waals surface area (Å²) in [5.74, 6) is -0.376. The van der Waals surface area contributed by atoms with Crippen molar-refractivity contribution in [3.8, 4) is 0 Å². The summed E-state index contributed by atoms with van der Waals surface area (Å²) in [6, 6.07) is 0. The molecule has 2 N–H and O–H groups in total. The molecule has 0 aliphatic carbocycles. The smallest absolute Gasteiger partial charge is 0.223 e. The van der Waals surface area contributed by atoms with Crippen molar-refractivity contribution in [3.05, 3.63) is 23.2 Å². The normalized spacial score (nSPS) is 11.4. The molecule has 1 amide bonds. The number of rotatable bonds is 3. The lowest BCUT2D eigenvalue weighted by Gasteiger charge is -2.19. The molecule has 0 spiro atoms. The minimum Gasteiger partial charge on any atom is -0.369 e. The van der Waals surface area contributed by atoms with E-state index in [1.807, 2.05) is 0 Å². The molecule has 0 unspecified atom stereocenters. The van der Waals surface area contributed by atoms with Crippen LogP contribution in [0.3, 0.4) is 0 Å². The molecule has 4 nitrogen and oxygen atoms in total. The van der Waals surface area contributed by atoms with Crippen molar-refractivity contribution in [1.82, 2.24) is 9.97 Å². The Morgan fingerprint density at radius 3 is 2.57 bits per heavy atom. The molecule has 1 rings (SSSR count). The summed E-state index contributed by atoms with van der Waals surface area (Å²) in [4.78, 5) is 19.0. The highest BCUT2D eigenvalue weighted by atomic mass is 35.5. The molecule has 76 valence electrons. The first-order valence-corrected chi connectivity index (χ1v) is 4.56. The van der Waals surface area contributed by atoms with Crippen LogP contribution in [0.15, 0.2) is 12.4 Å². The first-order chi connectivity index (χ1) is 6.43. The summed E-state index contributed by atoms with van der Waals surface area (Å²) in [5, 5.41) is 0.321. The Balaban J connectivity index is 2.89. The van der Waals surface area contributed by atoms with Gasteiger partial charge in [-0.2, -0.15) is 0 Å². The molecule has 0 bridgehead atoms. The van der Waals surface area contributed by atoms with Gasteiger partial charge < -0.3 is 5.73 Å². The van der Waals surface area contributed by atoms with E-state index in [0.29, 0.717) is 17.3 Å². The van der Waals surface area contributed by atoms with Crippen molar-refractivity contribution in [1.29, 1.82) is 0 Å². The first kappa shape index (κ1) is 10.9. The van der Waals surface area contributed by atoms with Gasteiger partial charge in [-0.05, 0) is 0 Å². The molecular weight excluding hydrogens is 202 g/mol. The van der Waals surface area contributed by atoms with Crippen LogP contribution in [-0.4, -0.2) is 15.9 Å². The number of hydrogen-bond donors (Lipinski definition) is 1. The third kappa shape index (κ3) is 2.42. The second-order valence-corrected chi connectivity index (χ2v) is 4.08. The maximum Gasteiger partial charge on any atom is 0.223 e. The van der Waals surface area contributed by atoms with E-state index in [4.69, 9.17) is 17.3 Å². The number of halogens is 1. The highest BCUT2D eigenvalue weighted by Crippen LogP contribution is 2.23.